The number of nitrogens with one attached hydrogen (secondary N) is 1. The molecule has 2 aromatic carbocycles. The lowest BCUT2D eigenvalue weighted by atomic mass is 9.97. The highest BCUT2D eigenvalue weighted by atomic mass is 16.3. The Morgan fingerprint density at radius 3 is 2.33 bits per heavy atom. The highest BCUT2D eigenvalue weighted by Crippen LogP contribution is 2.25. The number of aliphatic hydroxyl groups is 1. The molecule has 0 bridgehead atoms. The molecule has 1 aliphatic heterocycles. The number of anilines is 1. The summed E-state index contributed by atoms with van der Waals surface area (Å²) in [6.45, 7) is 2.58. The maximum atomic E-state index is 12.5. The summed E-state index contributed by atoms with van der Waals surface area (Å²) in [7, 11) is 0. The second-order valence-corrected chi connectivity index (χ2v) is 6.38. The smallest absolute Gasteiger partial charge is 0.224 e. The van der Waals surface area contributed by atoms with Gasteiger partial charge in [0.25, 0.3) is 0 Å². The van der Waals surface area contributed by atoms with E-state index in [-0.39, 0.29) is 18.0 Å². The van der Waals surface area contributed by atoms with Gasteiger partial charge < -0.3 is 15.3 Å². The van der Waals surface area contributed by atoms with Crippen LogP contribution in [0.3, 0.4) is 0 Å². The maximum absolute atomic E-state index is 12.5. The van der Waals surface area contributed by atoms with Crippen molar-refractivity contribution in [1.82, 2.24) is 4.90 Å². The van der Waals surface area contributed by atoms with E-state index in [4.69, 9.17) is 0 Å². The zero-order valence-electron chi connectivity index (χ0n) is 13.9. The summed E-state index contributed by atoms with van der Waals surface area (Å²) < 4.78 is 0. The van der Waals surface area contributed by atoms with Crippen LogP contribution in [0.15, 0.2) is 60.7 Å². The first kappa shape index (κ1) is 16.5. The lowest BCUT2D eigenvalue weighted by Crippen LogP contribution is -2.49. The molecule has 4 heteroatoms. The molecule has 0 aromatic heterocycles. The normalized spacial score (nSPS) is 20.5. The van der Waals surface area contributed by atoms with Gasteiger partial charge in [0.15, 0.2) is 0 Å². The minimum atomic E-state index is -0.659. The van der Waals surface area contributed by atoms with E-state index in [1.807, 2.05) is 67.6 Å². The van der Waals surface area contributed by atoms with Crippen molar-refractivity contribution in [2.45, 2.75) is 38.0 Å². The average molecular weight is 324 g/mol. The molecule has 4 nitrogen and oxygen atoms in total. The number of nitrogens with zero attached hydrogens (tertiary/aromatic N) is 1. The monoisotopic (exact) mass is 324 g/mol. The topological polar surface area (TPSA) is 52.6 Å². The van der Waals surface area contributed by atoms with E-state index in [1.54, 1.807) is 4.90 Å². The number of aliphatic hydroxyl groups excluding tert-OH is 1. The molecule has 1 amide bonds. The second-order valence-electron chi connectivity index (χ2n) is 6.38. The zero-order chi connectivity index (χ0) is 16.9. The molecule has 126 valence electrons. The van der Waals surface area contributed by atoms with Gasteiger partial charge in [-0.3, -0.25) is 4.79 Å². The molecule has 3 rings (SSSR count). The van der Waals surface area contributed by atoms with E-state index in [0.29, 0.717) is 13.0 Å². The number of hydrogen-bond donors (Lipinski definition) is 2. The third-order valence-electron chi connectivity index (χ3n) is 4.69. The SMILES string of the molecule is C[C@H]([C@H](O)c1ccccc1)N1CC[C@H](Nc2ccccc2)CC1=O. The van der Waals surface area contributed by atoms with Gasteiger partial charge in [0.05, 0.1) is 12.1 Å². The number of carbonyl (C=O) groups excluding carboxylic acids is 1. The van der Waals surface area contributed by atoms with E-state index >= 15 is 0 Å². The van der Waals surface area contributed by atoms with Crippen LogP contribution in [0.5, 0.6) is 0 Å². The summed E-state index contributed by atoms with van der Waals surface area (Å²) in [6.07, 6.45) is 0.682. The van der Waals surface area contributed by atoms with Gasteiger partial charge in [0.1, 0.15) is 0 Å². The Kier molecular flexibility index (Phi) is 5.16. The van der Waals surface area contributed by atoms with E-state index in [9.17, 15) is 9.90 Å². The van der Waals surface area contributed by atoms with Crippen LogP contribution in [0, 0.1) is 0 Å². The van der Waals surface area contributed by atoms with E-state index in [2.05, 4.69) is 5.32 Å². The first-order valence-electron chi connectivity index (χ1n) is 8.49. The number of piperidine rings is 1. The summed E-state index contributed by atoms with van der Waals surface area (Å²) in [6, 6.07) is 19.4. The fraction of sp³-hybridized carbons (Fsp3) is 0.350. The van der Waals surface area contributed by atoms with Gasteiger partial charge in [-0.25, -0.2) is 0 Å². The standard InChI is InChI=1S/C20H24N2O2/c1-15(20(24)16-8-4-2-5-9-16)22-13-12-18(14-19(22)23)21-17-10-6-3-7-11-17/h2-11,15,18,20-21,24H,12-14H2,1H3/t15-,18+,20+/m1/s1. The fourth-order valence-corrected chi connectivity index (χ4v) is 3.27. The highest BCUT2D eigenvalue weighted by Gasteiger charge is 2.32. The third kappa shape index (κ3) is 3.77. The number of amides is 1. The molecule has 3 atom stereocenters. The average Bonchev–Trinajstić information content (AvgIpc) is 2.62. The predicted octanol–water partition coefficient (Wildman–Crippen LogP) is 3.21. The summed E-state index contributed by atoms with van der Waals surface area (Å²) in [4.78, 5) is 14.4. The molecule has 0 radical (unpaired) electrons. The van der Waals surface area contributed by atoms with Crippen molar-refractivity contribution < 1.29 is 9.90 Å². The maximum Gasteiger partial charge on any atom is 0.224 e. The van der Waals surface area contributed by atoms with Crippen molar-refractivity contribution >= 4 is 11.6 Å². The van der Waals surface area contributed by atoms with Crippen LogP contribution in [0.2, 0.25) is 0 Å². The van der Waals surface area contributed by atoms with Crippen LogP contribution in [-0.2, 0) is 4.79 Å². The minimum absolute atomic E-state index is 0.0946. The molecular formula is C20H24N2O2. The summed E-state index contributed by atoms with van der Waals surface area (Å²) >= 11 is 0. The van der Waals surface area contributed by atoms with E-state index in [1.165, 1.54) is 0 Å². The summed E-state index contributed by atoms with van der Waals surface area (Å²) in [5, 5.41) is 14.0. The number of likely N-dealkylation sites (tertiary alicyclic amines) is 1. The van der Waals surface area contributed by atoms with Crippen LogP contribution < -0.4 is 5.32 Å². The Morgan fingerprint density at radius 1 is 1.08 bits per heavy atom. The lowest BCUT2D eigenvalue weighted by Gasteiger charge is -2.38. The Hall–Kier alpha value is -2.33. The van der Waals surface area contributed by atoms with Gasteiger partial charge in [-0.15, -0.1) is 0 Å². The molecule has 0 saturated carbocycles. The fourth-order valence-electron chi connectivity index (χ4n) is 3.27. The van der Waals surface area contributed by atoms with E-state index in [0.717, 1.165) is 17.7 Å². The van der Waals surface area contributed by atoms with Crippen molar-refractivity contribution in [2.24, 2.45) is 0 Å². The van der Waals surface area contributed by atoms with Crippen molar-refractivity contribution in [2.75, 3.05) is 11.9 Å². The van der Waals surface area contributed by atoms with Crippen molar-refractivity contribution in [1.29, 1.82) is 0 Å². The van der Waals surface area contributed by atoms with Gasteiger partial charge in [-0.1, -0.05) is 48.5 Å². The Bertz CT molecular complexity index is 660. The third-order valence-corrected chi connectivity index (χ3v) is 4.69. The van der Waals surface area contributed by atoms with Crippen LogP contribution in [-0.4, -0.2) is 34.5 Å². The van der Waals surface area contributed by atoms with Crippen molar-refractivity contribution in [3.8, 4) is 0 Å². The van der Waals surface area contributed by atoms with Gasteiger partial charge in [-0.2, -0.15) is 0 Å². The van der Waals surface area contributed by atoms with Gasteiger partial charge >= 0.3 is 0 Å². The number of hydrogen-bond acceptors (Lipinski definition) is 3. The van der Waals surface area contributed by atoms with Crippen LogP contribution in [0.25, 0.3) is 0 Å². The second kappa shape index (κ2) is 7.49. The Balaban J connectivity index is 1.60. The van der Waals surface area contributed by atoms with Crippen LogP contribution in [0.1, 0.15) is 31.4 Å². The number of benzene rings is 2. The van der Waals surface area contributed by atoms with E-state index < -0.39 is 6.10 Å². The minimum Gasteiger partial charge on any atom is -0.386 e. The molecule has 1 fully saturated rings. The first-order valence-corrected chi connectivity index (χ1v) is 8.49. The van der Waals surface area contributed by atoms with Crippen molar-refractivity contribution in [3.05, 3.63) is 66.2 Å². The predicted molar refractivity (Wildman–Crippen MR) is 95.7 cm³/mol. The van der Waals surface area contributed by atoms with Gasteiger partial charge in [-0.05, 0) is 31.0 Å². The lowest BCUT2D eigenvalue weighted by molar-refractivity contribution is -0.138. The number of rotatable bonds is 5. The van der Waals surface area contributed by atoms with Crippen molar-refractivity contribution in [3.63, 3.8) is 0 Å². The summed E-state index contributed by atoms with van der Waals surface area (Å²) in [5.41, 5.74) is 1.89. The molecule has 1 saturated heterocycles. The van der Waals surface area contributed by atoms with Gasteiger partial charge in [0.2, 0.25) is 5.91 Å². The molecule has 2 N–H and O–H groups in total. The Labute approximate surface area is 143 Å². The summed E-state index contributed by atoms with van der Waals surface area (Å²) in [5.74, 6) is 0.0946. The molecule has 0 spiro atoms. The molecule has 0 unspecified atom stereocenters. The van der Waals surface area contributed by atoms with Crippen LogP contribution in [0.4, 0.5) is 5.69 Å². The molecule has 1 aliphatic rings. The quantitative estimate of drug-likeness (QED) is 0.888. The zero-order valence-corrected chi connectivity index (χ0v) is 13.9. The number of carbonyl (C=O) groups is 1. The number of para-hydroxylation sites is 1. The molecule has 24 heavy (non-hydrogen) atoms. The molecule has 0 aliphatic carbocycles. The molecule has 2 aromatic rings. The Morgan fingerprint density at radius 2 is 1.71 bits per heavy atom. The van der Waals surface area contributed by atoms with Gasteiger partial charge in [0, 0.05) is 24.7 Å². The van der Waals surface area contributed by atoms with Crippen LogP contribution >= 0.6 is 0 Å². The molecular weight excluding hydrogens is 300 g/mol. The first-order chi connectivity index (χ1) is 11.6. The largest absolute Gasteiger partial charge is 0.386 e. The highest BCUT2D eigenvalue weighted by molar-refractivity contribution is 5.78. The molecule has 1 heterocycles.